The largest absolute Gasteiger partial charge is 0.310 e. The molecule has 0 aliphatic carbocycles. The average Bonchev–Trinajstić information content (AvgIpc) is 4.04. The van der Waals surface area contributed by atoms with Gasteiger partial charge in [0.2, 0.25) is 11.9 Å². The lowest BCUT2D eigenvalue weighted by molar-refractivity contribution is 0.893. The van der Waals surface area contributed by atoms with Gasteiger partial charge in [-0.1, -0.05) is 182 Å². The van der Waals surface area contributed by atoms with E-state index in [0.717, 1.165) is 106 Å². The Hall–Kier alpha value is -10.4. The van der Waals surface area contributed by atoms with Crippen LogP contribution in [0.3, 0.4) is 0 Å². The van der Waals surface area contributed by atoms with Gasteiger partial charge in [-0.05, 0) is 125 Å². The Kier molecular flexibility index (Phi) is 11.0. The maximum Gasteiger partial charge on any atom is 0.240 e. The Bertz CT molecular complexity index is 4090. The Morgan fingerprint density at radius 3 is 1.04 bits per heavy atom. The first-order chi connectivity index (χ1) is 37.7. The molecule has 11 aromatic carbocycles. The van der Waals surface area contributed by atoms with Gasteiger partial charge in [0, 0.05) is 61.2 Å². The van der Waals surface area contributed by atoms with Crippen LogP contribution in [0.5, 0.6) is 0 Å². The minimum atomic E-state index is 0.507. The molecule has 7 nitrogen and oxygen atoms in total. The summed E-state index contributed by atoms with van der Waals surface area (Å²) in [4.78, 5) is 21.4. The number of fused-ring (bicyclic) bond motifs is 6. The number of rotatable bonds is 11. The van der Waals surface area contributed by atoms with Gasteiger partial charge in [0.05, 0.1) is 22.1 Å². The van der Waals surface area contributed by atoms with Crippen molar-refractivity contribution in [3.8, 4) is 45.5 Å². The summed E-state index contributed by atoms with van der Waals surface area (Å²) in [5.41, 5.74) is 15.4. The number of hydrogen-bond acceptors (Lipinski definition) is 5. The summed E-state index contributed by atoms with van der Waals surface area (Å²) < 4.78 is 4.43. The maximum atomic E-state index is 5.62. The van der Waals surface area contributed by atoms with Gasteiger partial charge in [0.1, 0.15) is 0 Å². The van der Waals surface area contributed by atoms with Crippen LogP contribution in [0, 0.1) is 0 Å². The van der Waals surface area contributed by atoms with Crippen LogP contribution in [0.25, 0.3) is 89.2 Å². The molecule has 0 amide bonds. The van der Waals surface area contributed by atoms with Crippen molar-refractivity contribution in [2.45, 2.75) is 0 Å². The Balaban J connectivity index is 1.04. The van der Waals surface area contributed by atoms with Crippen molar-refractivity contribution in [3.05, 3.63) is 285 Å². The van der Waals surface area contributed by atoms with Crippen LogP contribution in [0.15, 0.2) is 285 Å². The zero-order valence-corrected chi connectivity index (χ0v) is 41.3. The van der Waals surface area contributed by atoms with Gasteiger partial charge in [-0.3, -0.25) is 9.13 Å². The van der Waals surface area contributed by atoms with Gasteiger partial charge < -0.3 is 9.80 Å². The van der Waals surface area contributed by atoms with Crippen LogP contribution < -0.4 is 9.80 Å². The van der Waals surface area contributed by atoms with Crippen LogP contribution in [0.4, 0.5) is 34.1 Å². The van der Waals surface area contributed by atoms with Crippen LogP contribution >= 0.6 is 0 Å². The highest BCUT2D eigenvalue weighted by atomic mass is 15.3. The van der Waals surface area contributed by atoms with E-state index >= 15 is 0 Å². The van der Waals surface area contributed by atoms with Gasteiger partial charge in [-0.25, -0.2) is 0 Å². The summed E-state index contributed by atoms with van der Waals surface area (Å²) in [7, 11) is 0. The number of hydrogen-bond donors (Lipinski definition) is 0. The van der Waals surface area contributed by atoms with Gasteiger partial charge in [0.15, 0.2) is 5.82 Å². The number of para-hydroxylation sites is 6. The van der Waals surface area contributed by atoms with Crippen molar-refractivity contribution in [1.82, 2.24) is 24.1 Å². The van der Waals surface area contributed by atoms with Crippen molar-refractivity contribution in [3.63, 3.8) is 0 Å². The quantitative estimate of drug-likeness (QED) is 0.129. The predicted molar refractivity (Wildman–Crippen MR) is 314 cm³/mol. The van der Waals surface area contributed by atoms with E-state index in [1.807, 2.05) is 0 Å². The zero-order chi connectivity index (χ0) is 50.4. The summed E-state index contributed by atoms with van der Waals surface area (Å²) in [6.45, 7) is 0. The predicted octanol–water partition coefficient (Wildman–Crippen LogP) is 18.0. The molecule has 3 heterocycles. The minimum absolute atomic E-state index is 0.507. The monoisotopic (exact) mass is 973 g/mol. The van der Waals surface area contributed by atoms with E-state index in [2.05, 4.69) is 304 Å². The molecule has 358 valence electrons. The first-order valence-electron chi connectivity index (χ1n) is 25.6. The summed E-state index contributed by atoms with van der Waals surface area (Å²) in [5.74, 6) is 1.57. The highest BCUT2D eigenvalue weighted by molar-refractivity contribution is 6.12. The molecule has 14 rings (SSSR count). The van der Waals surface area contributed by atoms with E-state index in [1.165, 1.54) is 0 Å². The lowest BCUT2D eigenvalue weighted by Gasteiger charge is -2.25. The number of anilines is 6. The normalized spacial score (nSPS) is 11.4. The molecular weight excluding hydrogens is 927 g/mol. The second-order valence-corrected chi connectivity index (χ2v) is 18.9. The average molecular weight is 974 g/mol. The third kappa shape index (κ3) is 7.82. The fraction of sp³-hybridized carbons (Fsp3) is 0. The third-order valence-corrected chi connectivity index (χ3v) is 14.4. The topological polar surface area (TPSA) is 55.0 Å². The van der Waals surface area contributed by atoms with Gasteiger partial charge in [-0.15, -0.1) is 0 Å². The van der Waals surface area contributed by atoms with Crippen molar-refractivity contribution < 1.29 is 0 Å². The smallest absolute Gasteiger partial charge is 0.240 e. The number of benzene rings is 11. The number of nitrogens with zero attached hydrogens (tertiary/aromatic N) is 7. The van der Waals surface area contributed by atoms with E-state index in [4.69, 9.17) is 15.0 Å². The van der Waals surface area contributed by atoms with Crippen LogP contribution in [-0.4, -0.2) is 24.1 Å². The molecule has 7 heteroatoms. The molecule has 0 unspecified atom stereocenters. The number of aromatic nitrogens is 5. The van der Waals surface area contributed by atoms with E-state index in [-0.39, 0.29) is 0 Å². The molecule has 0 N–H and O–H groups in total. The second kappa shape index (κ2) is 18.9. The molecule has 0 radical (unpaired) electrons. The summed E-state index contributed by atoms with van der Waals surface area (Å²) in [5, 5.41) is 4.34. The summed E-state index contributed by atoms with van der Waals surface area (Å²) in [6.07, 6.45) is 0. The van der Waals surface area contributed by atoms with Gasteiger partial charge >= 0.3 is 0 Å². The van der Waals surface area contributed by atoms with E-state index in [0.29, 0.717) is 17.7 Å². The van der Waals surface area contributed by atoms with Crippen LogP contribution in [0.2, 0.25) is 0 Å². The summed E-state index contributed by atoms with van der Waals surface area (Å²) >= 11 is 0. The van der Waals surface area contributed by atoms with E-state index in [9.17, 15) is 0 Å². The minimum Gasteiger partial charge on any atom is -0.310 e. The molecule has 0 saturated carbocycles. The second-order valence-electron chi connectivity index (χ2n) is 18.9. The maximum absolute atomic E-state index is 5.62. The Morgan fingerprint density at radius 1 is 0.237 bits per heavy atom. The van der Waals surface area contributed by atoms with Crippen LogP contribution in [-0.2, 0) is 0 Å². The molecule has 0 spiro atoms. The SMILES string of the molecule is c1ccc(-c2ccc(-c3ccccc3)c(-c3nc(-n4c5ccccc5c5cc(N(c6ccccc6)c6ccccc6)ccc54)nc(-n4c5ccccc5c5cc(N(c6ccccc6)c6ccccc6)ccc54)n3)c2)cc1. The molecule has 0 fully saturated rings. The molecule has 0 atom stereocenters. The Labute approximate surface area is 440 Å². The molecule has 3 aromatic heterocycles. The highest BCUT2D eigenvalue weighted by Gasteiger charge is 2.24. The van der Waals surface area contributed by atoms with Gasteiger partial charge in [0.25, 0.3) is 0 Å². The standard InChI is InChI=1S/C69H47N7/c1-7-23-48(24-8-1)50-39-42-57(49-25-9-2-10-26-49)62(45-50)67-70-68(75-63-37-21-19-35-58(63)60-46-55(40-43-65(60)75)73(51-27-11-3-12-28-51)52-29-13-4-14-30-52)72-69(71-67)76-64-38-22-20-36-59(64)61-47-56(41-44-66(61)76)74(53-31-15-5-16-32-53)54-33-17-6-18-34-54/h1-47H. The van der Waals surface area contributed by atoms with Crippen molar-refractivity contribution in [1.29, 1.82) is 0 Å². The third-order valence-electron chi connectivity index (χ3n) is 14.4. The van der Waals surface area contributed by atoms with Gasteiger partial charge in [-0.2, -0.15) is 15.0 Å². The van der Waals surface area contributed by atoms with Crippen molar-refractivity contribution in [2.75, 3.05) is 9.80 Å². The lowest BCUT2D eigenvalue weighted by Crippen LogP contribution is -2.11. The molecular formula is C69H47N7. The highest BCUT2D eigenvalue weighted by Crippen LogP contribution is 2.43. The molecule has 0 bridgehead atoms. The summed E-state index contributed by atoms with van der Waals surface area (Å²) in [6, 6.07) is 100. The zero-order valence-electron chi connectivity index (χ0n) is 41.3. The van der Waals surface area contributed by atoms with E-state index < -0.39 is 0 Å². The first-order valence-corrected chi connectivity index (χ1v) is 25.6. The van der Waals surface area contributed by atoms with Crippen LogP contribution in [0.1, 0.15) is 0 Å². The van der Waals surface area contributed by atoms with Crippen molar-refractivity contribution >= 4 is 77.7 Å². The van der Waals surface area contributed by atoms with Crippen molar-refractivity contribution in [2.24, 2.45) is 0 Å². The lowest BCUT2D eigenvalue weighted by atomic mass is 9.94. The molecule has 76 heavy (non-hydrogen) atoms. The van der Waals surface area contributed by atoms with E-state index in [1.54, 1.807) is 0 Å². The molecule has 0 aliphatic rings. The first kappa shape index (κ1) is 44.3. The molecule has 0 saturated heterocycles. The molecule has 14 aromatic rings. The Morgan fingerprint density at radius 2 is 0.605 bits per heavy atom. The fourth-order valence-electron chi connectivity index (χ4n) is 10.9. The fourth-order valence-corrected chi connectivity index (χ4v) is 10.9. The molecule has 0 aliphatic heterocycles.